The topological polar surface area (TPSA) is 43.1 Å². The molecule has 0 atom stereocenters. The fourth-order valence-electron chi connectivity index (χ4n) is 1.68. The molecule has 4 nitrogen and oxygen atoms in total. The molecule has 0 amide bonds. The van der Waals surface area contributed by atoms with Crippen molar-refractivity contribution in [1.29, 1.82) is 0 Å². The Balaban J connectivity index is 2.31. The van der Waals surface area contributed by atoms with Gasteiger partial charge in [0.15, 0.2) is 11.5 Å². The normalized spacial score (nSPS) is 11.1. The second kappa shape index (κ2) is 3.99. The molecule has 1 aromatic carbocycles. The highest BCUT2D eigenvalue weighted by Gasteiger charge is 2.12. The minimum absolute atomic E-state index is 0.258. The van der Waals surface area contributed by atoms with Crippen molar-refractivity contribution < 1.29 is 8.78 Å². The zero-order valence-corrected chi connectivity index (χ0v) is 9.57. The molecule has 3 aromatic rings. The molecule has 0 unspecified atom stereocenters. The van der Waals surface area contributed by atoms with Gasteiger partial charge in [0.05, 0.1) is 12.4 Å². The zero-order valence-electron chi connectivity index (χ0n) is 8.81. The summed E-state index contributed by atoms with van der Waals surface area (Å²) in [6, 6.07) is 3.11. The van der Waals surface area contributed by atoms with Gasteiger partial charge in [-0.1, -0.05) is 11.6 Å². The van der Waals surface area contributed by atoms with Gasteiger partial charge in [-0.05, 0) is 12.1 Å². The van der Waals surface area contributed by atoms with E-state index in [1.807, 2.05) is 0 Å². The van der Waals surface area contributed by atoms with Gasteiger partial charge in [-0.2, -0.15) is 0 Å². The Morgan fingerprint density at radius 1 is 1.00 bits per heavy atom. The maximum atomic E-state index is 13.2. The van der Waals surface area contributed by atoms with E-state index in [1.54, 1.807) is 0 Å². The quantitative estimate of drug-likeness (QED) is 0.680. The van der Waals surface area contributed by atoms with E-state index in [9.17, 15) is 8.78 Å². The lowest BCUT2D eigenvalue weighted by atomic mass is 10.2. The summed E-state index contributed by atoms with van der Waals surface area (Å²) in [5, 5.41) is 7.96. The minimum atomic E-state index is -0.688. The van der Waals surface area contributed by atoms with Gasteiger partial charge >= 0.3 is 0 Å². The van der Waals surface area contributed by atoms with Crippen molar-refractivity contribution in [1.82, 2.24) is 19.6 Å². The SMILES string of the molecule is Fc1cc(F)cc(-c2nnc3cncc(Cl)n23)c1. The van der Waals surface area contributed by atoms with Gasteiger partial charge < -0.3 is 0 Å². The maximum absolute atomic E-state index is 13.2. The van der Waals surface area contributed by atoms with Crippen molar-refractivity contribution in [2.45, 2.75) is 0 Å². The summed E-state index contributed by atoms with van der Waals surface area (Å²) < 4.78 is 27.8. The molecule has 0 aliphatic rings. The summed E-state index contributed by atoms with van der Waals surface area (Å²) in [5.74, 6) is -1.12. The molecule has 0 saturated carbocycles. The molecule has 0 bridgehead atoms. The van der Waals surface area contributed by atoms with E-state index >= 15 is 0 Å². The Bertz CT molecular complexity index is 721. The highest BCUT2D eigenvalue weighted by molar-refractivity contribution is 6.29. The van der Waals surface area contributed by atoms with Crippen LogP contribution in [0.3, 0.4) is 0 Å². The summed E-state index contributed by atoms with van der Waals surface area (Å²) >= 11 is 5.97. The molecule has 18 heavy (non-hydrogen) atoms. The molecule has 0 N–H and O–H groups in total. The van der Waals surface area contributed by atoms with Crippen LogP contribution >= 0.6 is 11.6 Å². The first-order valence-corrected chi connectivity index (χ1v) is 5.34. The van der Waals surface area contributed by atoms with Crippen molar-refractivity contribution in [3.63, 3.8) is 0 Å². The Morgan fingerprint density at radius 3 is 2.44 bits per heavy atom. The van der Waals surface area contributed by atoms with Crippen LogP contribution in [0.4, 0.5) is 8.78 Å². The molecule has 7 heteroatoms. The van der Waals surface area contributed by atoms with Crippen LogP contribution in [0.5, 0.6) is 0 Å². The largest absolute Gasteiger partial charge is 0.262 e. The molecule has 0 radical (unpaired) electrons. The first kappa shape index (κ1) is 11.0. The smallest absolute Gasteiger partial charge is 0.180 e. The number of rotatable bonds is 1. The van der Waals surface area contributed by atoms with Gasteiger partial charge in [0.25, 0.3) is 0 Å². The summed E-state index contributed by atoms with van der Waals surface area (Å²) in [6.45, 7) is 0. The number of nitrogens with zero attached hydrogens (tertiary/aromatic N) is 4. The molecule has 3 rings (SSSR count). The summed E-state index contributed by atoms with van der Waals surface area (Å²) in [7, 11) is 0. The Hall–Kier alpha value is -2.08. The summed E-state index contributed by atoms with van der Waals surface area (Å²) in [5.41, 5.74) is 0.662. The van der Waals surface area contributed by atoms with E-state index < -0.39 is 11.6 Å². The van der Waals surface area contributed by atoms with Gasteiger partial charge in [0, 0.05) is 11.6 Å². The number of benzene rings is 1. The number of halogens is 3. The summed E-state index contributed by atoms with van der Waals surface area (Å²) in [4.78, 5) is 3.85. The van der Waals surface area contributed by atoms with Crippen LogP contribution in [0.2, 0.25) is 5.15 Å². The molecular weight excluding hydrogens is 262 g/mol. The standard InChI is InChI=1S/C11H5ClF2N4/c12-9-4-15-5-10-16-17-11(18(9)10)6-1-7(13)3-8(14)2-6/h1-5H. The second-order valence-electron chi connectivity index (χ2n) is 3.61. The third kappa shape index (κ3) is 1.70. The average Bonchev–Trinajstić information content (AvgIpc) is 2.73. The third-order valence-electron chi connectivity index (χ3n) is 2.39. The van der Waals surface area contributed by atoms with Gasteiger partial charge in [-0.15, -0.1) is 10.2 Å². The lowest BCUT2D eigenvalue weighted by Crippen LogP contribution is -1.93. The van der Waals surface area contributed by atoms with Crippen molar-refractivity contribution in [2.24, 2.45) is 0 Å². The van der Waals surface area contributed by atoms with Crippen molar-refractivity contribution in [3.8, 4) is 11.4 Å². The molecular formula is C11H5ClF2N4. The van der Waals surface area contributed by atoms with Crippen LogP contribution in [0.15, 0.2) is 30.6 Å². The molecule has 2 aromatic heterocycles. The monoisotopic (exact) mass is 266 g/mol. The molecule has 0 aliphatic heterocycles. The number of aromatic nitrogens is 4. The molecule has 0 aliphatic carbocycles. The van der Waals surface area contributed by atoms with Crippen LogP contribution in [0, 0.1) is 11.6 Å². The molecule has 0 fully saturated rings. The Labute approximate surface area is 105 Å². The minimum Gasteiger partial charge on any atom is -0.262 e. The van der Waals surface area contributed by atoms with Gasteiger partial charge in [0.1, 0.15) is 16.8 Å². The van der Waals surface area contributed by atoms with Crippen molar-refractivity contribution >= 4 is 17.2 Å². The fourth-order valence-corrected chi connectivity index (χ4v) is 1.91. The van der Waals surface area contributed by atoms with Gasteiger partial charge in [0.2, 0.25) is 0 Å². The van der Waals surface area contributed by atoms with Crippen LogP contribution < -0.4 is 0 Å². The first-order chi connectivity index (χ1) is 8.65. The van der Waals surface area contributed by atoms with E-state index in [0.717, 1.165) is 18.2 Å². The first-order valence-electron chi connectivity index (χ1n) is 4.96. The molecule has 90 valence electrons. The second-order valence-corrected chi connectivity index (χ2v) is 3.99. The van der Waals surface area contributed by atoms with E-state index in [2.05, 4.69) is 15.2 Å². The van der Waals surface area contributed by atoms with Gasteiger partial charge in [-0.25, -0.2) is 8.78 Å². The van der Waals surface area contributed by atoms with E-state index in [1.165, 1.54) is 16.8 Å². The van der Waals surface area contributed by atoms with Crippen LogP contribution in [-0.2, 0) is 0 Å². The molecule has 0 saturated heterocycles. The van der Waals surface area contributed by atoms with Crippen molar-refractivity contribution in [3.05, 3.63) is 47.4 Å². The highest BCUT2D eigenvalue weighted by atomic mass is 35.5. The van der Waals surface area contributed by atoms with E-state index in [-0.39, 0.29) is 16.5 Å². The molecule has 2 heterocycles. The van der Waals surface area contributed by atoms with Crippen LogP contribution in [0.1, 0.15) is 0 Å². The van der Waals surface area contributed by atoms with Crippen LogP contribution in [-0.4, -0.2) is 19.6 Å². The van der Waals surface area contributed by atoms with Crippen molar-refractivity contribution in [2.75, 3.05) is 0 Å². The summed E-state index contributed by atoms with van der Waals surface area (Å²) in [6.07, 6.45) is 2.86. The lowest BCUT2D eigenvalue weighted by Gasteiger charge is -2.02. The lowest BCUT2D eigenvalue weighted by molar-refractivity contribution is 0.584. The van der Waals surface area contributed by atoms with E-state index in [0.29, 0.717) is 5.65 Å². The number of hydrogen-bond donors (Lipinski definition) is 0. The average molecular weight is 267 g/mol. The Kier molecular flexibility index (Phi) is 2.45. The fraction of sp³-hybridized carbons (Fsp3) is 0. The Morgan fingerprint density at radius 2 is 1.72 bits per heavy atom. The van der Waals surface area contributed by atoms with Gasteiger partial charge in [-0.3, -0.25) is 9.38 Å². The highest BCUT2D eigenvalue weighted by Crippen LogP contribution is 2.23. The number of hydrogen-bond acceptors (Lipinski definition) is 3. The predicted molar refractivity (Wildman–Crippen MR) is 61.1 cm³/mol. The molecule has 0 spiro atoms. The van der Waals surface area contributed by atoms with Crippen LogP contribution in [0.25, 0.3) is 17.0 Å². The third-order valence-corrected chi connectivity index (χ3v) is 2.66. The van der Waals surface area contributed by atoms with E-state index in [4.69, 9.17) is 11.6 Å². The maximum Gasteiger partial charge on any atom is 0.180 e. The zero-order chi connectivity index (χ0) is 12.7. The predicted octanol–water partition coefficient (Wildman–Crippen LogP) is 2.72. The number of fused-ring (bicyclic) bond motifs is 1.